The van der Waals surface area contributed by atoms with Crippen molar-refractivity contribution >= 4 is 21.3 Å². The van der Waals surface area contributed by atoms with Gasteiger partial charge in [-0.3, -0.25) is 0 Å². The fourth-order valence-corrected chi connectivity index (χ4v) is 3.86. The van der Waals surface area contributed by atoms with Crippen LogP contribution in [0.2, 0.25) is 0 Å². The van der Waals surface area contributed by atoms with Crippen molar-refractivity contribution in [3.63, 3.8) is 0 Å². The molecule has 4 aromatic rings. The molecule has 0 aliphatic rings. The Labute approximate surface area is 186 Å². The van der Waals surface area contributed by atoms with Crippen LogP contribution in [-0.4, -0.2) is 18.0 Å². The maximum absolute atomic E-state index is 13.6. The van der Waals surface area contributed by atoms with Crippen molar-refractivity contribution < 1.29 is 25.8 Å². The van der Waals surface area contributed by atoms with Crippen LogP contribution in [0.4, 0.5) is 13.2 Å². The predicted molar refractivity (Wildman–Crippen MR) is 114 cm³/mol. The van der Waals surface area contributed by atoms with E-state index in [4.69, 9.17) is 5.14 Å². The van der Waals surface area contributed by atoms with Gasteiger partial charge in [-0.2, -0.15) is 32.0 Å². The molecule has 0 aliphatic carbocycles. The minimum Gasteiger partial charge on any atom is -0.371 e. The average molecular weight is 472 g/mol. The molecule has 0 atom stereocenters. The molecule has 7 nitrogen and oxygen atoms in total. The number of aromatic nitrogens is 2. The van der Waals surface area contributed by atoms with Gasteiger partial charge in [0.25, 0.3) is 0 Å². The standard InChI is InChI=1S/C22H15F3N4O3S/c23-22(24,25)21-28-19-3-1-2-4-20(19)29(21)13-14-5-6-16(12-26)18(11-14)15-7-9-17(10-8-15)32-33(27,30)31/h1-11H,13H2,(H2,27,30,31). The molecule has 0 saturated carbocycles. The van der Waals surface area contributed by atoms with E-state index in [1.807, 2.05) is 0 Å². The number of nitriles is 1. The second kappa shape index (κ2) is 8.23. The molecule has 2 N–H and O–H groups in total. The number of nitrogens with two attached hydrogens (primary N) is 1. The number of fused-ring (bicyclic) bond motifs is 1. The molecule has 0 bridgehead atoms. The molecule has 0 fully saturated rings. The summed E-state index contributed by atoms with van der Waals surface area (Å²) in [5, 5.41) is 14.3. The lowest BCUT2D eigenvalue weighted by molar-refractivity contribution is -0.146. The third-order valence-electron chi connectivity index (χ3n) is 4.83. The Morgan fingerprint density at radius 2 is 1.76 bits per heavy atom. The van der Waals surface area contributed by atoms with Gasteiger partial charge in [0, 0.05) is 6.54 Å². The van der Waals surface area contributed by atoms with Crippen LogP contribution in [0, 0.1) is 11.3 Å². The van der Waals surface area contributed by atoms with E-state index in [-0.39, 0.29) is 17.8 Å². The summed E-state index contributed by atoms with van der Waals surface area (Å²) < 4.78 is 68.7. The summed E-state index contributed by atoms with van der Waals surface area (Å²) in [6, 6.07) is 18.8. The molecule has 11 heteroatoms. The van der Waals surface area contributed by atoms with Gasteiger partial charge in [-0.25, -0.2) is 4.98 Å². The molecule has 168 valence electrons. The molecule has 0 radical (unpaired) electrons. The Kier molecular flexibility index (Phi) is 5.57. The van der Waals surface area contributed by atoms with Crippen molar-refractivity contribution in [1.29, 1.82) is 5.26 Å². The summed E-state index contributed by atoms with van der Waals surface area (Å²) in [6.07, 6.45) is -4.65. The number of halogens is 3. The van der Waals surface area contributed by atoms with E-state index in [9.17, 15) is 26.9 Å². The molecule has 4 rings (SSSR count). The lowest BCUT2D eigenvalue weighted by Gasteiger charge is -2.13. The summed E-state index contributed by atoms with van der Waals surface area (Å²) in [5.41, 5.74) is 2.38. The third kappa shape index (κ3) is 4.82. The van der Waals surface area contributed by atoms with Gasteiger partial charge >= 0.3 is 16.5 Å². The van der Waals surface area contributed by atoms with Gasteiger partial charge in [-0.15, -0.1) is 0 Å². The van der Waals surface area contributed by atoms with Crippen LogP contribution in [0.3, 0.4) is 0 Å². The van der Waals surface area contributed by atoms with Crippen LogP contribution < -0.4 is 9.32 Å². The molecule has 0 amide bonds. The fourth-order valence-electron chi connectivity index (χ4n) is 3.48. The van der Waals surface area contributed by atoms with Crippen molar-refractivity contribution in [1.82, 2.24) is 9.55 Å². The van der Waals surface area contributed by atoms with Gasteiger partial charge in [0.15, 0.2) is 0 Å². The molecular weight excluding hydrogens is 457 g/mol. The predicted octanol–water partition coefficient (Wildman–Crippen LogP) is 4.22. The second-order valence-corrected chi connectivity index (χ2v) is 8.25. The molecule has 0 spiro atoms. The number of hydrogen-bond acceptors (Lipinski definition) is 5. The van der Waals surface area contributed by atoms with Crippen molar-refractivity contribution in [2.24, 2.45) is 5.14 Å². The van der Waals surface area contributed by atoms with Crippen molar-refractivity contribution in [2.45, 2.75) is 12.7 Å². The number of rotatable bonds is 5. The van der Waals surface area contributed by atoms with E-state index in [2.05, 4.69) is 15.2 Å². The molecule has 0 unspecified atom stereocenters. The molecule has 1 heterocycles. The number of imidazole rings is 1. The number of hydrogen-bond donors (Lipinski definition) is 1. The first kappa shape index (κ1) is 22.3. The van der Waals surface area contributed by atoms with E-state index in [1.165, 1.54) is 36.4 Å². The van der Waals surface area contributed by atoms with E-state index in [0.717, 1.165) is 4.57 Å². The lowest BCUT2D eigenvalue weighted by atomic mass is 9.97. The largest absolute Gasteiger partial charge is 0.449 e. The molecule has 1 aromatic heterocycles. The summed E-state index contributed by atoms with van der Waals surface area (Å²) >= 11 is 0. The monoisotopic (exact) mass is 472 g/mol. The highest BCUT2D eigenvalue weighted by Gasteiger charge is 2.37. The summed E-state index contributed by atoms with van der Waals surface area (Å²) in [5.74, 6) is -1.03. The summed E-state index contributed by atoms with van der Waals surface area (Å²) in [7, 11) is -4.19. The van der Waals surface area contributed by atoms with Crippen LogP contribution in [0.1, 0.15) is 17.0 Å². The molecule has 0 saturated heterocycles. The topological polar surface area (TPSA) is 111 Å². The maximum Gasteiger partial charge on any atom is 0.449 e. The average Bonchev–Trinajstić information content (AvgIpc) is 3.12. The van der Waals surface area contributed by atoms with Gasteiger partial charge in [0.05, 0.1) is 22.7 Å². The van der Waals surface area contributed by atoms with Crippen LogP contribution in [-0.2, 0) is 23.0 Å². The Morgan fingerprint density at radius 1 is 1.06 bits per heavy atom. The van der Waals surface area contributed by atoms with Gasteiger partial charge in [-0.1, -0.05) is 30.3 Å². The summed E-state index contributed by atoms with van der Waals surface area (Å²) in [4.78, 5) is 3.75. The molecule has 33 heavy (non-hydrogen) atoms. The molecular formula is C22H15F3N4O3S. The lowest BCUT2D eigenvalue weighted by Crippen LogP contribution is -2.18. The van der Waals surface area contributed by atoms with Gasteiger partial charge in [0.1, 0.15) is 5.75 Å². The Bertz CT molecular complexity index is 1490. The van der Waals surface area contributed by atoms with Crippen LogP contribution >= 0.6 is 0 Å². The zero-order chi connectivity index (χ0) is 23.8. The first-order chi connectivity index (χ1) is 15.5. The van der Waals surface area contributed by atoms with Crippen molar-refractivity contribution in [3.05, 3.63) is 83.7 Å². The first-order valence-corrected chi connectivity index (χ1v) is 10.9. The van der Waals surface area contributed by atoms with Crippen LogP contribution in [0.15, 0.2) is 66.7 Å². The highest BCUT2D eigenvalue weighted by atomic mass is 32.2. The van der Waals surface area contributed by atoms with E-state index < -0.39 is 22.3 Å². The van der Waals surface area contributed by atoms with Gasteiger partial charge in [0.2, 0.25) is 5.82 Å². The fraction of sp³-hybridized carbons (Fsp3) is 0.0909. The van der Waals surface area contributed by atoms with Crippen LogP contribution in [0.25, 0.3) is 22.2 Å². The normalized spacial score (nSPS) is 12.0. The highest BCUT2D eigenvalue weighted by molar-refractivity contribution is 7.84. The SMILES string of the molecule is N#Cc1ccc(Cn2c(C(F)(F)F)nc3ccccc32)cc1-c1ccc(OS(N)(=O)=O)cc1. The number of nitrogens with zero attached hydrogens (tertiary/aromatic N) is 3. The smallest absolute Gasteiger partial charge is 0.371 e. The minimum atomic E-state index is -4.65. The second-order valence-electron chi connectivity index (χ2n) is 7.10. The molecule has 0 aliphatic heterocycles. The van der Waals surface area contributed by atoms with Crippen molar-refractivity contribution in [2.75, 3.05) is 0 Å². The maximum atomic E-state index is 13.6. The van der Waals surface area contributed by atoms with E-state index >= 15 is 0 Å². The first-order valence-electron chi connectivity index (χ1n) is 9.43. The Hall–Kier alpha value is -3.88. The zero-order valence-electron chi connectivity index (χ0n) is 16.7. The highest BCUT2D eigenvalue weighted by Crippen LogP contribution is 2.33. The van der Waals surface area contributed by atoms with E-state index in [0.29, 0.717) is 27.8 Å². The van der Waals surface area contributed by atoms with Crippen molar-refractivity contribution in [3.8, 4) is 22.9 Å². The minimum absolute atomic E-state index is 0.0179. The van der Waals surface area contributed by atoms with Gasteiger partial charge in [-0.05, 0) is 53.1 Å². The summed E-state index contributed by atoms with van der Waals surface area (Å²) in [6.45, 7) is -0.124. The number of benzene rings is 3. The Morgan fingerprint density at radius 3 is 2.39 bits per heavy atom. The van der Waals surface area contributed by atoms with Gasteiger partial charge < -0.3 is 8.75 Å². The Balaban J connectivity index is 1.75. The van der Waals surface area contributed by atoms with E-state index in [1.54, 1.807) is 30.3 Å². The third-order valence-corrected chi connectivity index (χ3v) is 5.26. The number of alkyl halides is 3. The van der Waals surface area contributed by atoms with Crippen LogP contribution in [0.5, 0.6) is 5.75 Å². The zero-order valence-corrected chi connectivity index (χ0v) is 17.6. The quantitative estimate of drug-likeness (QED) is 0.467. The molecule has 3 aromatic carbocycles. The number of para-hydroxylation sites is 2.